The van der Waals surface area contributed by atoms with Crippen LogP contribution >= 0.6 is 0 Å². The van der Waals surface area contributed by atoms with E-state index in [1.807, 2.05) is 48.5 Å². The van der Waals surface area contributed by atoms with Gasteiger partial charge in [0.25, 0.3) is 0 Å². The van der Waals surface area contributed by atoms with Gasteiger partial charge >= 0.3 is 0 Å². The third kappa shape index (κ3) is 3.59. The van der Waals surface area contributed by atoms with Crippen molar-refractivity contribution in [2.45, 2.75) is 44.4 Å². The second-order valence-electron chi connectivity index (χ2n) is 7.75. The highest BCUT2D eigenvalue weighted by atomic mass is 16.4. The largest absolute Gasteiger partial charge is 0.440 e. The van der Waals surface area contributed by atoms with E-state index in [0.717, 1.165) is 49.0 Å². The van der Waals surface area contributed by atoms with Crippen LogP contribution in [0.15, 0.2) is 71.3 Å². The van der Waals surface area contributed by atoms with Crippen LogP contribution in [0.25, 0.3) is 11.3 Å². The molecule has 28 heavy (non-hydrogen) atoms. The highest BCUT2D eigenvalue weighted by molar-refractivity contribution is 5.82. The Morgan fingerprint density at radius 3 is 2.29 bits per heavy atom. The molecule has 2 N–H and O–H groups in total. The van der Waals surface area contributed by atoms with Crippen molar-refractivity contribution in [2.24, 2.45) is 11.1 Å². The van der Waals surface area contributed by atoms with E-state index in [-0.39, 0.29) is 11.8 Å². The van der Waals surface area contributed by atoms with Crippen molar-refractivity contribution in [3.05, 3.63) is 78.3 Å². The predicted octanol–water partition coefficient (Wildman–Crippen LogP) is 5.10. The molecule has 1 aliphatic carbocycles. The molecule has 1 saturated carbocycles. The Kier molecular flexibility index (Phi) is 5.29. The molecule has 1 fully saturated rings. The van der Waals surface area contributed by atoms with Crippen molar-refractivity contribution in [1.29, 1.82) is 0 Å². The van der Waals surface area contributed by atoms with E-state index < -0.39 is 5.41 Å². The van der Waals surface area contributed by atoms with Crippen LogP contribution in [0, 0.1) is 5.41 Å². The topological polar surface area (TPSA) is 69.1 Å². The first kappa shape index (κ1) is 18.5. The summed E-state index contributed by atoms with van der Waals surface area (Å²) in [7, 11) is 0. The van der Waals surface area contributed by atoms with E-state index in [1.165, 1.54) is 0 Å². The summed E-state index contributed by atoms with van der Waals surface area (Å²) in [6, 6.07) is 20.2. The van der Waals surface area contributed by atoms with Crippen LogP contribution in [-0.4, -0.2) is 10.9 Å². The summed E-state index contributed by atoms with van der Waals surface area (Å²) in [4.78, 5) is 17.3. The van der Waals surface area contributed by atoms with Crippen LogP contribution in [0.1, 0.15) is 49.5 Å². The molecule has 1 atom stereocenters. The average Bonchev–Trinajstić information content (AvgIpc) is 3.24. The first-order chi connectivity index (χ1) is 13.7. The second-order valence-corrected chi connectivity index (χ2v) is 7.75. The van der Waals surface area contributed by atoms with Crippen LogP contribution in [0.3, 0.4) is 0 Å². The van der Waals surface area contributed by atoms with E-state index in [4.69, 9.17) is 10.2 Å². The van der Waals surface area contributed by atoms with Crippen molar-refractivity contribution in [3.8, 4) is 11.3 Å². The normalized spacial score (nSPS) is 17.1. The Balaban J connectivity index is 1.75. The fraction of sp³-hybridized carbons (Fsp3) is 0.333. The molecule has 4 nitrogen and oxygen atoms in total. The second kappa shape index (κ2) is 8.01. The lowest BCUT2D eigenvalue weighted by atomic mass is 9.63. The summed E-state index contributed by atoms with van der Waals surface area (Å²) >= 11 is 0. The van der Waals surface area contributed by atoms with Gasteiger partial charge in [-0.3, -0.25) is 4.79 Å². The lowest BCUT2D eigenvalue weighted by Gasteiger charge is -2.39. The predicted molar refractivity (Wildman–Crippen MR) is 110 cm³/mol. The molecular formula is C24H26N2O2. The maximum atomic E-state index is 12.7. The lowest BCUT2D eigenvalue weighted by molar-refractivity contribution is -0.131. The molecule has 0 bridgehead atoms. The Labute approximate surface area is 165 Å². The minimum atomic E-state index is -0.604. The Morgan fingerprint density at radius 1 is 1.00 bits per heavy atom. The van der Waals surface area contributed by atoms with Crippen molar-refractivity contribution >= 4 is 5.91 Å². The van der Waals surface area contributed by atoms with Crippen molar-refractivity contribution < 1.29 is 9.21 Å². The first-order valence-corrected chi connectivity index (χ1v) is 10.0. The average molecular weight is 374 g/mol. The number of benzene rings is 2. The maximum Gasteiger partial charge on any atom is 0.224 e. The summed E-state index contributed by atoms with van der Waals surface area (Å²) in [5.74, 6) is 0.949. The fourth-order valence-corrected chi connectivity index (χ4v) is 4.50. The quantitative estimate of drug-likeness (QED) is 0.652. The minimum Gasteiger partial charge on any atom is -0.440 e. The van der Waals surface area contributed by atoms with Crippen molar-refractivity contribution in [2.75, 3.05) is 0 Å². The molecule has 0 spiro atoms. The van der Waals surface area contributed by atoms with Gasteiger partial charge in [0.15, 0.2) is 11.7 Å². The molecule has 0 radical (unpaired) electrons. The molecule has 1 aliphatic rings. The van der Waals surface area contributed by atoms with Crippen LogP contribution in [-0.2, 0) is 11.2 Å². The summed E-state index contributed by atoms with van der Waals surface area (Å²) in [5, 5.41) is 0. The van der Waals surface area contributed by atoms with E-state index in [9.17, 15) is 4.79 Å². The molecule has 4 heteroatoms. The highest BCUT2D eigenvalue weighted by Crippen LogP contribution is 2.49. The zero-order chi connectivity index (χ0) is 19.4. The molecule has 1 heterocycles. The van der Waals surface area contributed by atoms with Crippen LogP contribution in [0.5, 0.6) is 0 Å². The minimum absolute atomic E-state index is 0.162. The van der Waals surface area contributed by atoms with E-state index in [0.29, 0.717) is 12.3 Å². The zero-order valence-corrected chi connectivity index (χ0v) is 16.0. The monoisotopic (exact) mass is 374 g/mol. The fourth-order valence-electron chi connectivity index (χ4n) is 4.50. The highest BCUT2D eigenvalue weighted by Gasteiger charge is 2.47. The van der Waals surface area contributed by atoms with Crippen LogP contribution < -0.4 is 5.73 Å². The van der Waals surface area contributed by atoms with E-state index >= 15 is 0 Å². The zero-order valence-electron chi connectivity index (χ0n) is 16.0. The Morgan fingerprint density at radius 2 is 1.64 bits per heavy atom. The van der Waals surface area contributed by atoms with Gasteiger partial charge < -0.3 is 10.2 Å². The smallest absolute Gasteiger partial charge is 0.224 e. The summed E-state index contributed by atoms with van der Waals surface area (Å²) in [6.07, 6.45) is 7.22. The molecule has 1 aromatic heterocycles. The van der Waals surface area contributed by atoms with Gasteiger partial charge in [0, 0.05) is 5.56 Å². The van der Waals surface area contributed by atoms with Gasteiger partial charge in [0.2, 0.25) is 5.91 Å². The lowest BCUT2D eigenvalue weighted by Crippen LogP contribution is -2.44. The van der Waals surface area contributed by atoms with Gasteiger partial charge in [-0.15, -0.1) is 0 Å². The molecule has 0 unspecified atom stereocenters. The molecule has 4 rings (SSSR count). The maximum absolute atomic E-state index is 12.7. The standard InChI is InChI=1S/C24H26N2O2/c25-23(27)24(14-8-3-9-15-24)20(16-18-10-4-1-5-11-18)22-26-17-21(28-22)19-12-6-2-7-13-19/h1-2,4-7,10-13,17,20H,3,8-9,14-16H2,(H2,25,27)/t20-/m1/s1. The molecule has 144 valence electrons. The number of hydrogen-bond donors (Lipinski definition) is 1. The number of oxazole rings is 1. The van der Waals surface area contributed by atoms with Crippen LogP contribution in [0.4, 0.5) is 0 Å². The number of nitrogens with zero attached hydrogens (tertiary/aromatic N) is 1. The van der Waals surface area contributed by atoms with Crippen molar-refractivity contribution in [3.63, 3.8) is 0 Å². The first-order valence-electron chi connectivity index (χ1n) is 10.0. The molecule has 3 aromatic rings. The van der Waals surface area contributed by atoms with Gasteiger partial charge in [-0.05, 0) is 24.8 Å². The summed E-state index contributed by atoms with van der Waals surface area (Å²) in [6.45, 7) is 0. The summed E-state index contributed by atoms with van der Waals surface area (Å²) in [5.41, 5.74) is 7.55. The van der Waals surface area contributed by atoms with Gasteiger partial charge in [-0.1, -0.05) is 79.9 Å². The number of carbonyl (C=O) groups is 1. The molecule has 1 amide bonds. The molecule has 0 saturated heterocycles. The summed E-state index contributed by atoms with van der Waals surface area (Å²) < 4.78 is 6.21. The van der Waals surface area contributed by atoms with Gasteiger partial charge in [-0.25, -0.2) is 4.98 Å². The number of carbonyl (C=O) groups excluding carboxylic acids is 1. The molecular weight excluding hydrogens is 348 g/mol. The van der Waals surface area contributed by atoms with Crippen LogP contribution in [0.2, 0.25) is 0 Å². The number of rotatable bonds is 6. The molecule has 2 aromatic carbocycles. The van der Waals surface area contributed by atoms with Gasteiger partial charge in [0.1, 0.15) is 0 Å². The SMILES string of the molecule is NC(=O)C1([C@H](Cc2ccccc2)c2ncc(-c3ccccc3)o2)CCCCC1. The Hall–Kier alpha value is -2.88. The third-order valence-electron chi connectivity index (χ3n) is 6.07. The number of nitrogens with two attached hydrogens (primary N) is 1. The number of aromatic nitrogens is 1. The molecule has 0 aliphatic heterocycles. The number of hydrogen-bond acceptors (Lipinski definition) is 3. The van der Waals surface area contributed by atoms with E-state index in [1.54, 1.807) is 6.20 Å². The number of primary amides is 1. The Bertz CT molecular complexity index is 912. The third-order valence-corrected chi connectivity index (χ3v) is 6.07. The van der Waals surface area contributed by atoms with Crippen molar-refractivity contribution in [1.82, 2.24) is 4.98 Å². The number of amides is 1. The van der Waals surface area contributed by atoms with Gasteiger partial charge in [-0.2, -0.15) is 0 Å². The van der Waals surface area contributed by atoms with E-state index in [2.05, 4.69) is 17.1 Å². The van der Waals surface area contributed by atoms with Gasteiger partial charge in [0.05, 0.1) is 17.5 Å².